The minimum atomic E-state index is 0.612. The summed E-state index contributed by atoms with van der Waals surface area (Å²) >= 11 is 0. The molecule has 130 valence electrons. The Labute approximate surface area is 141 Å². The molecule has 1 aromatic heterocycles. The molecule has 0 fully saturated rings. The zero-order valence-electron chi connectivity index (χ0n) is 15.2. The number of rotatable bonds is 13. The molecule has 0 bridgehead atoms. The fourth-order valence-electron chi connectivity index (χ4n) is 2.54. The lowest BCUT2D eigenvalue weighted by molar-refractivity contribution is 0.272. The molecular formula is C19H33N3O. The Morgan fingerprint density at radius 1 is 0.957 bits per heavy atom. The smallest absolute Gasteiger partial charge is 0.262 e. The van der Waals surface area contributed by atoms with Crippen LogP contribution in [0.25, 0.3) is 5.88 Å². The van der Waals surface area contributed by atoms with E-state index in [9.17, 15) is 0 Å². The van der Waals surface area contributed by atoms with Gasteiger partial charge in [-0.2, -0.15) is 9.78 Å². The molecule has 0 amide bonds. The Morgan fingerprint density at radius 2 is 1.61 bits per heavy atom. The van der Waals surface area contributed by atoms with Crippen molar-refractivity contribution in [3.05, 3.63) is 24.0 Å². The van der Waals surface area contributed by atoms with Crippen LogP contribution in [0.2, 0.25) is 0 Å². The van der Waals surface area contributed by atoms with E-state index >= 15 is 0 Å². The van der Waals surface area contributed by atoms with Gasteiger partial charge in [0, 0.05) is 0 Å². The van der Waals surface area contributed by atoms with Crippen LogP contribution in [0.3, 0.4) is 0 Å². The van der Waals surface area contributed by atoms with E-state index in [1.165, 1.54) is 63.3 Å². The Hall–Kier alpha value is -1.54. The fourth-order valence-corrected chi connectivity index (χ4v) is 2.54. The van der Waals surface area contributed by atoms with Crippen LogP contribution in [0.4, 0.5) is 0 Å². The Kier molecular flexibility index (Phi) is 11.0. The third-order valence-corrected chi connectivity index (χ3v) is 3.86. The number of nitrogens with zero attached hydrogens (tertiary/aromatic N) is 3. The first-order chi connectivity index (χ1) is 11.3. The van der Waals surface area contributed by atoms with Crippen LogP contribution in [-0.2, 0) is 4.74 Å². The predicted octanol–water partition coefficient (Wildman–Crippen LogP) is 5.58. The summed E-state index contributed by atoms with van der Waals surface area (Å²) in [5.41, 5.74) is 4.84. The number of aromatic nitrogens is 3. The summed E-state index contributed by atoms with van der Waals surface area (Å²) < 4.78 is 7.39. The molecule has 0 saturated carbocycles. The second-order valence-corrected chi connectivity index (χ2v) is 5.93. The Morgan fingerprint density at radius 3 is 2.09 bits per heavy atom. The maximum Gasteiger partial charge on any atom is 0.262 e. The van der Waals surface area contributed by atoms with Crippen LogP contribution in [0, 0.1) is 0 Å². The van der Waals surface area contributed by atoms with Gasteiger partial charge in [-0.3, -0.25) is 0 Å². The summed E-state index contributed by atoms with van der Waals surface area (Å²) in [5.74, 6) is 0.672. The number of hydrogen-bond donors (Lipinski definition) is 0. The highest BCUT2D eigenvalue weighted by atomic mass is 16.5. The van der Waals surface area contributed by atoms with Crippen molar-refractivity contribution < 1.29 is 4.74 Å². The van der Waals surface area contributed by atoms with Gasteiger partial charge >= 0.3 is 0 Å². The van der Waals surface area contributed by atoms with Gasteiger partial charge in [0.2, 0.25) is 0 Å². The van der Waals surface area contributed by atoms with Crippen LogP contribution in [0.15, 0.2) is 24.0 Å². The molecule has 0 N–H and O–H groups in total. The quantitative estimate of drug-likeness (QED) is 0.271. The number of allylic oxidation sites excluding steroid dienone is 1. The molecule has 0 atom stereocenters. The van der Waals surface area contributed by atoms with Crippen molar-refractivity contribution in [1.29, 1.82) is 0 Å². The van der Waals surface area contributed by atoms with Crippen LogP contribution >= 0.6 is 0 Å². The Balaban J connectivity index is 2.80. The molecule has 0 spiro atoms. The third kappa shape index (κ3) is 8.61. The summed E-state index contributed by atoms with van der Waals surface area (Å²) in [6, 6.07) is 0. The van der Waals surface area contributed by atoms with Gasteiger partial charge in [-0.15, -0.1) is 0 Å². The summed E-state index contributed by atoms with van der Waals surface area (Å²) in [6.45, 7) is 7.10. The zero-order valence-corrected chi connectivity index (χ0v) is 15.2. The predicted molar refractivity (Wildman–Crippen MR) is 95.9 cm³/mol. The maximum atomic E-state index is 5.72. The van der Waals surface area contributed by atoms with Crippen LogP contribution in [0.5, 0.6) is 0 Å². The second kappa shape index (κ2) is 13.0. The van der Waals surface area contributed by atoms with Crippen LogP contribution < -0.4 is 0 Å². The third-order valence-electron chi connectivity index (χ3n) is 3.86. The molecule has 4 heteroatoms. The van der Waals surface area contributed by atoms with Crippen molar-refractivity contribution in [2.24, 2.45) is 0 Å². The highest BCUT2D eigenvalue weighted by molar-refractivity contribution is 5.35. The monoisotopic (exact) mass is 319 g/mol. The maximum absolute atomic E-state index is 5.72. The fraction of sp³-hybridized carbons (Fsp3) is 0.737. The molecule has 0 saturated heterocycles. The average Bonchev–Trinajstić information content (AvgIpc) is 3.09. The SMILES string of the molecule is CCCCCCC(=C=C(OCC)n1cncn1)CCCCCC. The lowest BCUT2D eigenvalue weighted by Crippen LogP contribution is -2.01. The average molecular weight is 319 g/mol. The molecule has 1 aromatic rings. The van der Waals surface area contributed by atoms with Gasteiger partial charge in [0.1, 0.15) is 12.7 Å². The van der Waals surface area contributed by atoms with Gasteiger partial charge < -0.3 is 4.74 Å². The molecule has 4 nitrogen and oxygen atoms in total. The summed E-state index contributed by atoms with van der Waals surface area (Å²) in [5, 5.41) is 4.18. The largest absolute Gasteiger partial charge is 0.472 e. The van der Waals surface area contributed by atoms with E-state index in [1.54, 1.807) is 11.0 Å². The molecule has 0 unspecified atom stereocenters. The first-order valence-electron chi connectivity index (χ1n) is 9.28. The van der Waals surface area contributed by atoms with Crippen molar-refractivity contribution >= 4 is 5.88 Å². The second-order valence-electron chi connectivity index (χ2n) is 5.93. The molecular weight excluding hydrogens is 286 g/mol. The van der Waals surface area contributed by atoms with Gasteiger partial charge in [0.15, 0.2) is 0 Å². The summed E-state index contributed by atoms with van der Waals surface area (Å²) in [7, 11) is 0. The van der Waals surface area contributed by atoms with Crippen molar-refractivity contribution in [2.75, 3.05) is 6.61 Å². The number of hydrogen-bond acceptors (Lipinski definition) is 3. The lowest BCUT2D eigenvalue weighted by atomic mass is 10.0. The molecule has 0 aromatic carbocycles. The van der Waals surface area contributed by atoms with E-state index in [0.717, 1.165) is 12.8 Å². The van der Waals surface area contributed by atoms with E-state index in [1.807, 2.05) is 6.92 Å². The van der Waals surface area contributed by atoms with Gasteiger partial charge in [-0.25, -0.2) is 4.98 Å². The van der Waals surface area contributed by atoms with Gasteiger partial charge in [-0.1, -0.05) is 58.1 Å². The van der Waals surface area contributed by atoms with Gasteiger partial charge in [0.25, 0.3) is 5.88 Å². The normalized spacial score (nSPS) is 10.4. The minimum absolute atomic E-state index is 0.612. The van der Waals surface area contributed by atoms with Gasteiger partial charge in [0.05, 0.1) is 6.61 Å². The van der Waals surface area contributed by atoms with Crippen LogP contribution in [0.1, 0.15) is 85.0 Å². The van der Waals surface area contributed by atoms with Crippen molar-refractivity contribution in [3.8, 4) is 0 Å². The Bertz CT molecular complexity index is 445. The number of unbranched alkanes of at least 4 members (excludes halogenated alkanes) is 6. The molecule has 0 aliphatic heterocycles. The highest BCUT2D eigenvalue weighted by Gasteiger charge is 2.04. The summed E-state index contributed by atoms with van der Waals surface area (Å²) in [4.78, 5) is 4.01. The van der Waals surface area contributed by atoms with E-state index in [0.29, 0.717) is 12.5 Å². The molecule has 0 radical (unpaired) electrons. The molecule has 0 aliphatic rings. The van der Waals surface area contributed by atoms with Crippen LogP contribution in [-0.4, -0.2) is 21.4 Å². The summed E-state index contributed by atoms with van der Waals surface area (Å²) in [6.07, 6.45) is 15.7. The standard InChI is InChI=1S/C19H33N3O/c1-4-7-9-11-13-18(14-12-10-8-5-2)15-19(23-6-3)22-17-20-16-21-22/h16-17H,4-14H2,1-3H3. The molecule has 1 rings (SSSR count). The van der Waals surface area contributed by atoms with E-state index in [2.05, 4.69) is 29.7 Å². The zero-order chi connectivity index (χ0) is 16.8. The first-order valence-corrected chi connectivity index (χ1v) is 9.28. The van der Waals surface area contributed by atoms with E-state index < -0.39 is 0 Å². The first kappa shape index (κ1) is 19.5. The minimum Gasteiger partial charge on any atom is -0.472 e. The number of ether oxygens (including phenoxy) is 1. The van der Waals surface area contributed by atoms with E-state index in [4.69, 9.17) is 4.74 Å². The van der Waals surface area contributed by atoms with Crippen molar-refractivity contribution in [1.82, 2.24) is 14.8 Å². The topological polar surface area (TPSA) is 39.9 Å². The van der Waals surface area contributed by atoms with Crippen molar-refractivity contribution in [3.63, 3.8) is 0 Å². The molecule has 1 heterocycles. The molecule has 23 heavy (non-hydrogen) atoms. The molecule has 0 aliphatic carbocycles. The van der Waals surface area contributed by atoms with Crippen molar-refractivity contribution in [2.45, 2.75) is 85.0 Å². The lowest BCUT2D eigenvalue weighted by Gasteiger charge is -2.08. The van der Waals surface area contributed by atoms with E-state index in [-0.39, 0.29) is 0 Å². The highest BCUT2D eigenvalue weighted by Crippen LogP contribution is 2.18. The van der Waals surface area contributed by atoms with Gasteiger partial charge in [-0.05, 0) is 38.2 Å².